The van der Waals surface area contributed by atoms with Crippen molar-refractivity contribution in [2.45, 2.75) is 13.8 Å². The number of carbonyl (C=O) groups is 1. The van der Waals surface area contributed by atoms with Crippen LogP contribution in [-0.2, 0) is 14.3 Å². The van der Waals surface area contributed by atoms with E-state index in [0.29, 0.717) is 6.61 Å². The molecule has 0 aliphatic carbocycles. The van der Waals surface area contributed by atoms with Gasteiger partial charge in [-0.15, -0.1) is 4.51 Å². The van der Waals surface area contributed by atoms with Crippen molar-refractivity contribution in [3.63, 3.8) is 0 Å². The summed E-state index contributed by atoms with van der Waals surface area (Å²) in [5, 5.41) is 0. The Morgan fingerprint density at radius 2 is 2.18 bits per heavy atom. The zero-order chi connectivity index (χ0) is 8.69. The molecule has 0 aromatic carbocycles. The van der Waals surface area contributed by atoms with Gasteiger partial charge in [-0.05, 0) is 6.92 Å². The molecule has 0 N–H and O–H groups in total. The fraction of sp³-hybridized carbons (Fsp3) is 0.667. The van der Waals surface area contributed by atoms with E-state index in [1.54, 1.807) is 6.92 Å². The van der Waals surface area contributed by atoms with Gasteiger partial charge in [-0.3, -0.25) is 4.79 Å². The van der Waals surface area contributed by atoms with E-state index in [1.165, 1.54) is 6.92 Å². The molecule has 0 saturated heterocycles. The van der Waals surface area contributed by atoms with Gasteiger partial charge in [-0.25, -0.2) is 0 Å². The van der Waals surface area contributed by atoms with Gasteiger partial charge in [0.15, 0.2) is 6.61 Å². The molecule has 0 fully saturated rings. The molecule has 0 saturated carbocycles. The first-order chi connectivity index (χ1) is 5.20. The number of nitrogens with zero attached hydrogens (tertiary/aromatic N) is 1. The summed E-state index contributed by atoms with van der Waals surface area (Å²) in [6.07, 6.45) is 0. The van der Waals surface area contributed by atoms with E-state index in [2.05, 4.69) is 9.25 Å². The molecule has 0 aromatic rings. The SMILES string of the molecule is CCOC(COC(C)=O)=NCl. The van der Waals surface area contributed by atoms with Crippen LogP contribution >= 0.6 is 11.8 Å². The number of rotatable bonds is 3. The molecular formula is C6H10ClNO3. The standard InChI is InChI=1S/C6H10ClNO3/c1-3-10-6(8-7)4-11-5(2)9/h3-4H2,1-2H3. The summed E-state index contributed by atoms with van der Waals surface area (Å²) in [5.41, 5.74) is 0. The molecule has 0 aromatic heterocycles. The van der Waals surface area contributed by atoms with Gasteiger partial charge in [-0.2, -0.15) is 0 Å². The van der Waals surface area contributed by atoms with Crippen molar-refractivity contribution in [1.82, 2.24) is 0 Å². The number of hydrogen-bond acceptors (Lipinski definition) is 4. The molecule has 64 valence electrons. The summed E-state index contributed by atoms with van der Waals surface area (Å²) in [6, 6.07) is 0. The summed E-state index contributed by atoms with van der Waals surface area (Å²) in [7, 11) is 0. The molecule has 0 aliphatic heterocycles. The van der Waals surface area contributed by atoms with Crippen molar-refractivity contribution >= 4 is 23.6 Å². The molecular weight excluding hydrogens is 170 g/mol. The monoisotopic (exact) mass is 179 g/mol. The minimum atomic E-state index is -0.387. The highest BCUT2D eigenvalue weighted by Gasteiger charge is 2.00. The normalized spacial score (nSPS) is 11.0. The fourth-order valence-corrected chi connectivity index (χ4v) is 0.518. The predicted molar refractivity (Wildman–Crippen MR) is 41.5 cm³/mol. The van der Waals surface area contributed by atoms with Crippen LogP contribution in [0.4, 0.5) is 0 Å². The molecule has 0 rings (SSSR count). The Bertz CT molecular complexity index is 158. The van der Waals surface area contributed by atoms with Gasteiger partial charge < -0.3 is 9.47 Å². The summed E-state index contributed by atoms with van der Waals surface area (Å²) < 4.78 is 12.7. The highest BCUT2D eigenvalue weighted by atomic mass is 35.5. The number of carbonyl (C=O) groups excluding carboxylic acids is 1. The number of esters is 1. The first-order valence-corrected chi connectivity index (χ1v) is 3.48. The van der Waals surface area contributed by atoms with Crippen LogP contribution in [0, 0.1) is 0 Å². The van der Waals surface area contributed by atoms with Crippen molar-refractivity contribution < 1.29 is 14.3 Å². The van der Waals surface area contributed by atoms with Crippen LogP contribution in [0.3, 0.4) is 0 Å². The van der Waals surface area contributed by atoms with Crippen LogP contribution in [0.2, 0.25) is 0 Å². The quantitative estimate of drug-likeness (QED) is 0.371. The minimum absolute atomic E-state index is 0.00727. The maximum absolute atomic E-state index is 10.3. The van der Waals surface area contributed by atoms with Crippen LogP contribution in [0.1, 0.15) is 13.8 Å². The second kappa shape index (κ2) is 5.97. The second-order valence-corrected chi connectivity index (χ2v) is 1.86. The second-order valence-electron chi connectivity index (χ2n) is 1.69. The molecule has 0 radical (unpaired) electrons. The lowest BCUT2D eigenvalue weighted by molar-refractivity contribution is -0.139. The van der Waals surface area contributed by atoms with Crippen molar-refractivity contribution in [2.24, 2.45) is 4.51 Å². The van der Waals surface area contributed by atoms with Crippen LogP contribution in [0.5, 0.6) is 0 Å². The summed E-state index contributed by atoms with van der Waals surface area (Å²) in [4.78, 5) is 10.3. The first kappa shape index (κ1) is 10.2. The molecule has 5 heteroatoms. The average Bonchev–Trinajstić information content (AvgIpc) is 1.97. The van der Waals surface area contributed by atoms with Crippen molar-refractivity contribution in [3.05, 3.63) is 0 Å². The molecule has 0 bridgehead atoms. The van der Waals surface area contributed by atoms with E-state index < -0.39 is 0 Å². The summed E-state index contributed by atoms with van der Waals surface area (Å²) in [5.74, 6) is -0.174. The van der Waals surface area contributed by atoms with Crippen molar-refractivity contribution in [3.8, 4) is 0 Å². The van der Waals surface area contributed by atoms with Gasteiger partial charge in [0.2, 0.25) is 5.90 Å². The molecule has 0 spiro atoms. The topological polar surface area (TPSA) is 47.9 Å². The zero-order valence-corrected chi connectivity index (χ0v) is 7.22. The van der Waals surface area contributed by atoms with E-state index in [-0.39, 0.29) is 18.5 Å². The number of hydrogen-bond donors (Lipinski definition) is 0. The Kier molecular flexibility index (Phi) is 5.56. The lowest BCUT2D eigenvalue weighted by atomic mass is 10.7. The van der Waals surface area contributed by atoms with E-state index in [9.17, 15) is 4.79 Å². The van der Waals surface area contributed by atoms with Crippen LogP contribution in [0.15, 0.2) is 4.51 Å². The van der Waals surface area contributed by atoms with Gasteiger partial charge in [0.1, 0.15) is 0 Å². The Morgan fingerprint density at radius 1 is 1.55 bits per heavy atom. The third-order valence-electron chi connectivity index (χ3n) is 0.804. The molecule has 0 unspecified atom stereocenters. The minimum Gasteiger partial charge on any atom is -0.478 e. The van der Waals surface area contributed by atoms with Crippen LogP contribution in [-0.4, -0.2) is 25.1 Å². The first-order valence-electron chi connectivity index (χ1n) is 3.14. The molecule has 4 nitrogen and oxygen atoms in total. The Labute approximate surface area is 70.3 Å². The molecule has 0 aliphatic rings. The zero-order valence-electron chi connectivity index (χ0n) is 6.46. The van der Waals surface area contributed by atoms with E-state index in [1.807, 2.05) is 0 Å². The van der Waals surface area contributed by atoms with Gasteiger partial charge in [0.05, 0.1) is 6.61 Å². The van der Waals surface area contributed by atoms with E-state index >= 15 is 0 Å². The third kappa shape index (κ3) is 5.66. The maximum atomic E-state index is 10.3. The lowest BCUT2D eigenvalue weighted by Crippen LogP contribution is -2.14. The fourth-order valence-electron chi connectivity index (χ4n) is 0.420. The maximum Gasteiger partial charge on any atom is 0.303 e. The average molecular weight is 180 g/mol. The van der Waals surface area contributed by atoms with Gasteiger partial charge in [0, 0.05) is 18.7 Å². The highest BCUT2D eigenvalue weighted by Crippen LogP contribution is 1.89. The highest BCUT2D eigenvalue weighted by molar-refractivity contribution is 6.19. The molecule has 11 heavy (non-hydrogen) atoms. The summed E-state index contributed by atoms with van der Waals surface area (Å²) in [6.45, 7) is 3.53. The number of halogens is 1. The number of ether oxygens (including phenoxy) is 2. The smallest absolute Gasteiger partial charge is 0.303 e. The van der Waals surface area contributed by atoms with E-state index in [4.69, 9.17) is 16.5 Å². The molecule has 0 amide bonds. The van der Waals surface area contributed by atoms with Gasteiger partial charge in [-0.1, -0.05) is 0 Å². The van der Waals surface area contributed by atoms with Crippen molar-refractivity contribution in [2.75, 3.05) is 13.2 Å². The van der Waals surface area contributed by atoms with Crippen LogP contribution < -0.4 is 0 Å². The molecule has 0 atom stereocenters. The van der Waals surface area contributed by atoms with Crippen LogP contribution in [0.25, 0.3) is 0 Å². The van der Waals surface area contributed by atoms with Crippen molar-refractivity contribution in [1.29, 1.82) is 0 Å². The Hall–Kier alpha value is -0.770. The lowest BCUT2D eigenvalue weighted by Gasteiger charge is -2.04. The van der Waals surface area contributed by atoms with Gasteiger partial charge >= 0.3 is 5.97 Å². The van der Waals surface area contributed by atoms with Gasteiger partial charge in [0.25, 0.3) is 0 Å². The van der Waals surface area contributed by atoms with E-state index in [0.717, 1.165) is 0 Å². The molecule has 0 heterocycles. The predicted octanol–water partition coefficient (Wildman–Crippen LogP) is 1.14. The summed E-state index contributed by atoms with van der Waals surface area (Å²) >= 11 is 5.10. The Morgan fingerprint density at radius 3 is 2.55 bits per heavy atom. The largest absolute Gasteiger partial charge is 0.478 e. The third-order valence-corrected chi connectivity index (χ3v) is 0.993. The Balaban J connectivity index is 3.62.